The molecule has 0 radical (unpaired) electrons. The van der Waals surface area contributed by atoms with Gasteiger partial charge in [0.05, 0.1) is 19.5 Å². The van der Waals surface area contributed by atoms with E-state index in [1.54, 1.807) is 27.0 Å². The van der Waals surface area contributed by atoms with Crippen molar-refractivity contribution >= 4 is 20.0 Å². The molecule has 1 aliphatic rings. The van der Waals surface area contributed by atoms with Crippen LogP contribution in [0.1, 0.15) is 25.0 Å². The number of ether oxygens (including phenoxy) is 1. The highest BCUT2D eigenvalue weighted by atomic mass is 32.2. The Morgan fingerprint density at radius 3 is 2.55 bits per heavy atom. The Morgan fingerprint density at radius 2 is 1.93 bits per heavy atom. The first-order valence-electron chi connectivity index (χ1n) is 12.5. The minimum atomic E-state index is -4.09. The SMILES string of the molecule is C[C@@H]1CN([C@H](C)CO)S(=O)(=O)c2ccc(C#Cc3cccc(F)c3)cc2O[C@H]1CN(C)S(=O)(=O)c1cn(C)cn1. The highest BCUT2D eigenvalue weighted by Crippen LogP contribution is 2.34. The molecule has 214 valence electrons. The number of aromatic nitrogens is 2. The molecule has 0 saturated heterocycles. The molecule has 1 aromatic heterocycles. The van der Waals surface area contributed by atoms with E-state index in [2.05, 4.69) is 16.8 Å². The summed E-state index contributed by atoms with van der Waals surface area (Å²) < 4.78 is 77.3. The van der Waals surface area contributed by atoms with Crippen LogP contribution in [0.3, 0.4) is 0 Å². The van der Waals surface area contributed by atoms with Gasteiger partial charge in [-0.25, -0.2) is 26.2 Å². The molecule has 0 fully saturated rings. The van der Waals surface area contributed by atoms with Crippen LogP contribution in [0.2, 0.25) is 0 Å². The summed E-state index contributed by atoms with van der Waals surface area (Å²) in [6.45, 7) is 2.85. The molecule has 13 heteroatoms. The summed E-state index contributed by atoms with van der Waals surface area (Å²) >= 11 is 0. The van der Waals surface area contributed by atoms with Crippen LogP contribution in [0.15, 0.2) is 64.9 Å². The number of imidazole rings is 1. The molecule has 2 aromatic carbocycles. The topological polar surface area (TPSA) is 122 Å². The fourth-order valence-electron chi connectivity index (χ4n) is 4.27. The van der Waals surface area contributed by atoms with Gasteiger partial charge >= 0.3 is 0 Å². The first kappa shape index (κ1) is 29.7. The summed E-state index contributed by atoms with van der Waals surface area (Å²) in [5.41, 5.74) is 0.859. The van der Waals surface area contributed by atoms with Gasteiger partial charge in [-0.2, -0.15) is 8.61 Å². The first-order chi connectivity index (χ1) is 18.8. The molecule has 0 aliphatic carbocycles. The zero-order chi connectivity index (χ0) is 29.2. The third kappa shape index (κ3) is 6.21. The van der Waals surface area contributed by atoms with E-state index in [0.29, 0.717) is 11.1 Å². The van der Waals surface area contributed by atoms with Crippen molar-refractivity contribution < 1.29 is 31.1 Å². The molecule has 40 heavy (non-hydrogen) atoms. The Bertz CT molecular complexity index is 1660. The number of nitrogens with zero attached hydrogens (tertiary/aromatic N) is 4. The minimum Gasteiger partial charge on any atom is -0.487 e. The maximum atomic E-state index is 13.7. The van der Waals surface area contributed by atoms with E-state index in [9.17, 15) is 26.3 Å². The average Bonchev–Trinajstić information content (AvgIpc) is 3.36. The van der Waals surface area contributed by atoms with Gasteiger partial charge in [0, 0.05) is 49.9 Å². The number of benzene rings is 2. The van der Waals surface area contributed by atoms with Crippen LogP contribution in [0.25, 0.3) is 0 Å². The third-order valence-electron chi connectivity index (χ3n) is 6.64. The second kappa shape index (κ2) is 11.7. The molecule has 3 aromatic rings. The lowest BCUT2D eigenvalue weighted by molar-refractivity contribution is 0.0904. The molecule has 1 aliphatic heterocycles. The van der Waals surface area contributed by atoms with Crippen LogP contribution in [0.5, 0.6) is 5.75 Å². The van der Waals surface area contributed by atoms with Crippen molar-refractivity contribution in [3.8, 4) is 17.6 Å². The quantitative estimate of drug-likeness (QED) is 0.436. The molecule has 2 heterocycles. The number of hydrogen-bond donors (Lipinski definition) is 1. The Morgan fingerprint density at radius 1 is 1.23 bits per heavy atom. The monoisotopic (exact) mass is 590 g/mol. The number of fused-ring (bicyclic) bond motifs is 1. The van der Waals surface area contributed by atoms with Gasteiger partial charge in [-0.3, -0.25) is 0 Å². The Balaban J connectivity index is 1.75. The standard InChI is InChI=1S/C27H31FN4O6S2/c1-19-14-32(20(2)17-33)39(34,35)26-11-10-22(9-8-21-6-5-7-23(28)12-21)13-24(26)38-25(19)15-31(4)40(36,37)27-16-30(3)18-29-27/h5-7,10-13,16,18-20,25,33H,14-15,17H2,1-4H3/t19-,20-,25+/m1/s1. The molecule has 0 amide bonds. The molecule has 4 rings (SSSR count). The predicted octanol–water partition coefficient (Wildman–Crippen LogP) is 2.05. The lowest BCUT2D eigenvalue weighted by Gasteiger charge is -2.37. The fourth-order valence-corrected chi connectivity index (χ4v) is 7.23. The van der Waals surface area contributed by atoms with Crippen LogP contribution >= 0.6 is 0 Å². The Hall–Kier alpha value is -3.28. The number of sulfonamides is 2. The van der Waals surface area contributed by atoms with Gasteiger partial charge in [0.25, 0.3) is 10.0 Å². The van der Waals surface area contributed by atoms with Gasteiger partial charge in [-0.05, 0) is 43.3 Å². The van der Waals surface area contributed by atoms with E-state index in [1.807, 2.05) is 0 Å². The van der Waals surface area contributed by atoms with E-state index in [0.717, 1.165) is 4.31 Å². The van der Waals surface area contributed by atoms with Crippen molar-refractivity contribution in [2.24, 2.45) is 13.0 Å². The fraction of sp³-hybridized carbons (Fsp3) is 0.370. The summed E-state index contributed by atoms with van der Waals surface area (Å²) in [5.74, 6) is 4.85. The van der Waals surface area contributed by atoms with Crippen molar-refractivity contribution in [1.29, 1.82) is 0 Å². The zero-order valence-electron chi connectivity index (χ0n) is 22.5. The second-order valence-electron chi connectivity index (χ2n) is 9.82. The number of aliphatic hydroxyl groups excluding tert-OH is 1. The number of aryl methyl sites for hydroxylation is 1. The van der Waals surface area contributed by atoms with Crippen molar-refractivity contribution in [1.82, 2.24) is 18.2 Å². The maximum Gasteiger partial charge on any atom is 0.261 e. The lowest BCUT2D eigenvalue weighted by atomic mass is 10.0. The first-order valence-corrected chi connectivity index (χ1v) is 15.4. The molecule has 0 saturated carbocycles. The van der Waals surface area contributed by atoms with Crippen LogP contribution in [0.4, 0.5) is 4.39 Å². The second-order valence-corrected chi connectivity index (χ2v) is 13.7. The van der Waals surface area contributed by atoms with Crippen LogP contribution < -0.4 is 4.74 Å². The highest BCUT2D eigenvalue weighted by molar-refractivity contribution is 7.89. The lowest BCUT2D eigenvalue weighted by Crippen LogP contribution is -2.50. The van der Waals surface area contributed by atoms with Crippen molar-refractivity contribution in [2.75, 3.05) is 26.7 Å². The number of likely N-dealkylation sites (N-methyl/N-ethyl adjacent to an activating group) is 1. The van der Waals surface area contributed by atoms with Crippen molar-refractivity contribution in [3.63, 3.8) is 0 Å². The highest BCUT2D eigenvalue weighted by Gasteiger charge is 2.39. The number of hydrogen-bond acceptors (Lipinski definition) is 7. The van der Waals surface area contributed by atoms with Gasteiger partial charge in [0.1, 0.15) is 22.6 Å². The zero-order valence-corrected chi connectivity index (χ0v) is 24.2. The predicted molar refractivity (Wildman–Crippen MR) is 146 cm³/mol. The van der Waals surface area contributed by atoms with Crippen LogP contribution in [-0.2, 0) is 27.1 Å². The van der Waals surface area contributed by atoms with Gasteiger partial charge in [-0.15, -0.1) is 0 Å². The molecule has 1 N–H and O–H groups in total. The van der Waals surface area contributed by atoms with Crippen molar-refractivity contribution in [2.45, 2.75) is 35.9 Å². The number of halogens is 1. The Labute approximate surface area is 234 Å². The minimum absolute atomic E-state index is 0.00126. The third-order valence-corrected chi connectivity index (χ3v) is 10.4. The van der Waals surface area contributed by atoms with E-state index in [1.165, 1.54) is 64.8 Å². The van der Waals surface area contributed by atoms with Gasteiger partial charge in [0.2, 0.25) is 10.0 Å². The van der Waals surface area contributed by atoms with Crippen LogP contribution in [0, 0.1) is 23.6 Å². The average molecular weight is 591 g/mol. The summed E-state index contributed by atoms with van der Waals surface area (Å²) in [4.78, 5) is 3.83. The summed E-state index contributed by atoms with van der Waals surface area (Å²) in [7, 11) is -4.97. The van der Waals surface area contributed by atoms with Crippen LogP contribution in [-0.4, -0.2) is 79.0 Å². The molecular formula is C27H31FN4O6S2. The normalized spacial score (nSPS) is 20.0. The number of aliphatic hydroxyl groups is 1. The van der Waals surface area contributed by atoms with E-state index >= 15 is 0 Å². The van der Waals surface area contributed by atoms with E-state index in [-0.39, 0.29) is 28.8 Å². The molecular weight excluding hydrogens is 559 g/mol. The summed E-state index contributed by atoms with van der Waals surface area (Å²) in [5, 5.41) is 9.70. The van der Waals surface area contributed by atoms with E-state index in [4.69, 9.17) is 4.74 Å². The van der Waals surface area contributed by atoms with Crippen molar-refractivity contribution in [3.05, 3.63) is 71.9 Å². The van der Waals surface area contributed by atoms with Gasteiger partial charge < -0.3 is 14.4 Å². The molecule has 0 bridgehead atoms. The van der Waals surface area contributed by atoms with E-state index < -0.39 is 50.5 Å². The smallest absolute Gasteiger partial charge is 0.261 e. The van der Waals surface area contributed by atoms with Gasteiger partial charge in [-0.1, -0.05) is 24.8 Å². The number of rotatable bonds is 6. The molecule has 10 nitrogen and oxygen atoms in total. The Kier molecular flexibility index (Phi) is 8.67. The molecule has 0 unspecified atom stereocenters. The molecule has 0 spiro atoms. The molecule has 3 atom stereocenters. The summed E-state index contributed by atoms with van der Waals surface area (Å²) in [6, 6.07) is 9.40. The largest absolute Gasteiger partial charge is 0.487 e. The summed E-state index contributed by atoms with van der Waals surface area (Å²) in [6.07, 6.45) is 2.01. The maximum absolute atomic E-state index is 13.7. The van der Waals surface area contributed by atoms with Gasteiger partial charge in [0.15, 0.2) is 5.03 Å².